The van der Waals surface area contributed by atoms with Gasteiger partial charge in [-0.05, 0) is 35.5 Å². The van der Waals surface area contributed by atoms with Crippen molar-refractivity contribution in [3.63, 3.8) is 0 Å². The molecule has 0 saturated carbocycles. The van der Waals surface area contributed by atoms with Crippen LogP contribution in [-0.4, -0.2) is 5.91 Å². The van der Waals surface area contributed by atoms with Crippen molar-refractivity contribution >= 4 is 29.4 Å². The van der Waals surface area contributed by atoms with Crippen LogP contribution < -0.4 is 11.5 Å². The van der Waals surface area contributed by atoms with Gasteiger partial charge in [0.25, 0.3) is 0 Å². The topological polar surface area (TPSA) is 92.9 Å². The van der Waals surface area contributed by atoms with Crippen LogP contribution in [0.25, 0.3) is 6.08 Å². The first-order valence-electron chi connectivity index (χ1n) is 4.54. The average molecular weight is 233 g/mol. The van der Waals surface area contributed by atoms with Crippen LogP contribution in [0.4, 0.5) is 5.69 Å². The maximum atomic E-state index is 10.5. The van der Waals surface area contributed by atoms with Crippen LogP contribution in [0.3, 0.4) is 0 Å². The number of nitrogens with two attached hydrogens (primary N) is 2. The van der Waals surface area contributed by atoms with Gasteiger partial charge in [0.15, 0.2) is 0 Å². The molecule has 1 amide bonds. The SMILES string of the molecule is N#CSc1ccc(N)c(C=CCC(N)=O)c1. The lowest BCUT2D eigenvalue weighted by molar-refractivity contribution is -0.117. The number of nitrogen functional groups attached to an aromatic ring is 1. The first-order valence-corrected chi connectivity index (χ1v) is 5.35. The molecule has 0 aliphatic rings. The Morgan fingerprint density at radius 1 is 1.56 bits per heavy atom. The fourth-order valence-electron chi connectivity index (χ4n) is 1.12. The van der Waals surface area contributed by atoms with Gasteiger partial charge in [0.1, 0.15) is 5.40 Å². The number of carbonyl (C=O) groups is 1. The molecule has 1 rings (SSSR count). The molecule has 0 bridgehead atoms. The van der Waals surface area contributed by atoms with Crippen molar-refractivity contribution in [3.8, 4) is 5.40 Å². The number of carbonyl (C=O) groups excluding carboxylic acids is 1. The maximum Gasteiger partial charge on any atom is 0.221 e. The van der Waals surface area contributed by atoms with E-state index < -0.39 is 5.91 Å². The molecule has 0 radical (unpaired) electrons. The van der Waals surface area contributed by atoms with Gasteiger partial charge in [-0.1, -0.05) is 12.2 Å². The maximum absolute atomic E-state index is 10.5. The minimum Gasteiger partial charge on any atom is -0.398 e. The molecule has 0 heterocycles. The number of rotatable bonds is 4. The van der Waals surface area contributed by atoms with E-state index in [-0.39, 0.29) is 6.42 Å². The Labute approximate surface area is 97.9 Å². The van der Waals surface area contributed by atoms with Gasteiger partial charge in [-0.2, -0.15) is 5.26 Å². The molecule has 4 nitrogen and oxygen atoms in total. The second kappa shape index (κ2) is 5.83. The van der Waals surface area contributed by atoms with Gasteiger partial charge in [-0.3, -0.25) is 4.79 Å². The summed E-state index contributed by atoms with van der Waals surface area (Å²) in [5, 5.41) is 10.5. The van der Waals surface area contributed by atoms with Gasteiger partial charge in [0.05, 0.1) is 0 Å². The van der Waals surface area contributed by atoms with Crippen LogP contribution in [0.5, 0.6) is 0 Å². The first kappa shape index (κ1) is 12.1. The summed E-state index contributed by atoms with van der Waals surface area (Å²) in [7, 11) is 0. The van der Waals surface area contributed by atoms with E-state index >= 15 is 0 Å². The highest BCUT2D eigenvalue weighted by atomic mass is 32.2. The molecule has 1 aromatic carbocycles. The third-order valence-corrected chi connectivity index (χ3v) is 2.42. The van der Waals surface area contributed by atoms with Crippen LogP contribution in [-0.2, 0) is 4.79 Å². The van der Waals surface area contributed by atoms with Crippen LogP contribution in [0.2, 0.25) is 0 Å². The van der Waals surface area contributed by atoms with Gasteiger partial charge in [-0.25, -0.2) is 0 Å². The summed E-state index contributed by atoms with van der Waals surface area (Å²) in [6, 6.07) is 5.29. The number of hydrogen-bond donors (Lipinski definition) is 2. The second-order valence-corrected chi connectivity index (χ2v) is 3.91. The van der Waals surface area contributed by atoms with E-state index in [9.17, 15) is 4.79 Å². The summed E-state index contributed by atoms with van der Waals surface area (Å²) < 4.78 is 0. The van der Waals surface area contributed by atoms with Crippen molar-refractivity contribution < 1.29 is 4.79 Å². The van der Waals surface area contributed by atoms with Crippen molar-refractivity contribution in [2.45, 2.75) is 11.3 Å². The smallest absolute Gasteiger partial charge is 0.221 e. The molecule has 16 heavy (non-hydrogen) atoms. The van der Waals surface area contributed by atoms with Gasteiger partial charge in [-0.15, -0.1) is 0 Å². The summed E-state index contributed by atoms with van der Waals surface area (Å²) >= 11 is 1.06. The van der Waals surface area contributed by atoms with Gasteiger partial charge < -0.3 is 11.5 Å². The zero-order valence-corrected chi connectivity index (χ0v) is 9.33. The van der Waals surface area contributed by atoms with Crippen molar-refractivity contribution in [1.82, 2.24) is 0 Å². The van der Waals surface area contributed by atoms with Gasteiger partial charge >= 0.3 is 0 Å². The number of thiocyanates is 1. The predicted molar refractivity (Wildman–Crippen MR) is 65.2 cm³/mol. The molecule has 0 spiro atoms. The fourth-order valence-corrected chi connectivity index (χ4v) is 1.54. The first-order chi connectivity index (χ1) is 7.63. The number of thioether (sulfide) groups is 1. The third kappa shape index (κ3) is 3.67. The molecule has 1 aromatic rings. The molecule has 0 aliphatic heterocycles. The van der Waals surface area contributed by atoms with Gasteiger partial charge in [0, 0.05) is 17.0 Å². The highest BCUT2D eigenvalue weighted by molar-refractivity contribution is 8.03. The minimum atomic E-state index is -0.391. The predicted octanol–water partition coefficient (Wildman–Crippen LogP) is 1.73. The van der Waals surface area contributed by atoms with E-state index in [2.05, 4.69) is 0 Å². The molecule has 0 fully saturated rings. The Morgan fingerprint density at radius 3 is 2.94 bits per heavy atom. The molecule has 0 saturated heterocycles. The number of amides is 1. The zero-order valence-electron chi connectivity index (χ0n) is 8.51. The summed E-state index contributed by atoms with van der Waals surface area (Å²) in [6.07, 6.45) is 3.55. The number of benzene rings is 1. The number of anilines is 1. The van der Waals surface area contributed by atoms with E-state index in [1.54, 1.807) is 30.4 Å². The summed E-state index contributed by atoms with van der Waals surface area (Å²) in [4.78, 5) is 11.4. The van der Waals surface area contributed by atoms with Crippen molar-refractivity contribution in [3.05, 3.63) is 29.8 Å². The number of nitriles is 1. The number of hydrogen-bond acceptors (Lipinski definition) is 4. The Morgan fingerprint density at radius 2 is 2.31 bits per heavy atom. The lowest BCUT2D eigenvalue weighted by Crippen LogP contribution is -2.07. The van der Waals surface area contributed by atoms with E-state index in [0.717, 1.165) is 22.2 Å². The largest absolute Gasteiger partial charge is 0.398 e. The van der Waals surface area contributed by atoms with Crippen molar-refractivity contribution in [1.29, 1.82) is 5.26 Å². The normalized spacial score (nSPS) is 10.2. The fraction of sp³-hybridized carbons (Fsp3) is 0.0909. The molecule has 0 atom stereocenters. The Hall–Kier alpha value is -1.93. The lowest BCUT2D eigenvalue weighted by atomic mass is 10.1. The van der Waals surface area contributed by atoms with Crippen LogP contribution in [0.15, 0.2) is 29.2 Å². The van der Waals surface area contributed by atoms with E-state index in [4.69, 9.17) is 16.7 Å². The lowest BCUT2D eigenvalue weighted by Gasteiger charge is -2.01. The summed E-state index contributed by atoms with van der Waals surface area (Å²) in [5.41, 5.74) is 12.1. The molecule has 0 aliphatic carbocycles. The number of primary amides is 1. The Bertz CT molecular complexity index is 463. The zero-order chi connectivity index (χ0) is 12.0. The molecular weight excluding hydrogens is 222 g/mol. The second-order valence-electron chi connectivity index (χ2n) is 3.06. The van der Waals surface area contributed by atoms with E-state index in [0.29, 0.717) is 5.69 Å². The minimum absolute atomic E-state index is 0.176. The van der Waals surface area contributed by atoms with Crippen LogP contribution in [0.1, 0.15) is 12.0 Å². The molecule has 5 heteroatoms. The highest BCUT2D eigenvalue weighted by Gasteiger charge is 1.99. The van der Waals surface area contributed by atoms with Crippen molar-refractivity contribution in [2.24, 2.45) is 5.73 Å². The molecule has 0 aromatic heterocycles. The van der Waals surface area contributed by atoms with Gasteiger partial charge in [0.2, 0.25) is 5.91 Å². The average Bonchev–Trinajstić information content (AvgIpc) is 2.22. The Kier molecular flexibility index (Phi) is 4.42. The standard InChI is InChI=1S/C11H11N3OS/c12-7-16-9-4-5-10(13)8(6-9)2-1-3-11(14)15/h1-2,4-6H,3,13H2,(H2,14,15). The van der Waals surface area contributed by atoms with Crippen LogP contribution >= 0.6 is 11.8 Å². The molecular formula is C11H11N3OS. The van der Waals surface area contributed by atoms with Crippen molar-refractivity contribution in [2.75, 3.05) is 5.73 Å². The monoisotopic (exact) mass is 233 g/mol. The highest BCUT2D eigenvalue weighted by Crippen LogP contribution is 2.23. The quantitative estimate of drug-likeness (QED) is 0.470. The number of nitrogens with zero attached hydrogens (tertiary/aromatic N) is 1. The molecule has 0 unspecified atom stereocenters. The molecule has 82 valence electrons. The van der Waals surface area contributed by atoms with E-state index in [1.165, 1.54) is 0 Å². The summed E-state index contributed by atoms with van der Waals surface area (Å²) in [6.45, 7) is 0. The third-order valence-electron chi connectivity index (χ3n) is 1.84. The summed E-state index contributed by atoms with van der Waals surface area (Å²) in [5.74, 6) is -0.391. The van der Waals surface area contributed by atoms with E-state index in [1.807, 2.05) is 5.40 Å². The van der Waals surface area contributed by atoms with Crippen LogP contribution in [0, 0.1) is 10.7 Å². The molecule has 4 N–H and O–H groups in total. The Balaban J connectivity index is 2.86.